The molecule has 92 valence electrons. The molecule has 0 saturated carbocycles. The van der Waals surface area contributed by atoms with Crippen LogP contribution in [0.3, 0.4) is 0 Å². The van der Waals surface area contributed by atoms with E-state index in [4.69, 9.17) is 27.9 Å². The first-order valence-corrected chi connectivity index (χ1v) is 5.41. The standard InChI is InChI=1S/C10H5Cl2N3O3/c11-7-2-1-6(15(16)17)3-8(7)18-10-5-13-4-9(12)14-10/h1-5H. The van der Waals surface area contributed by atoms with Gasteiger partial charge in [0, 0.05) is 6.07 Å². The van der Waals surface area contributed by atoms with Crippen molar-refractivity contribution in [3.8, 4) is 11.6 Å². The highest BCUT2D eigenvalue weighted by Gasteiger charge is 2.12. The lowest BCUT2D eigenvalue weighted by Crippen LogP contribution is -1.92. The van der Waals surface area contributed by atoms with Crippen LogP contribution in [-0.4, -0.2) is 14.9 Å². The zero-order chi connectivity index (χ0) is 13.1. The molecule has 0 spiro atoms. The van der Waals surface area contributed by atoms with Crippen molar-refractivity contribution < 1.29 is 9.66 Å². The van der Waals surface area contributed by atoms with Crippen LogP contribution in [-0.2, 0) is 0 Å². The molecule has 8 heteroatoms. The highest BCUT2D eigenvalue weighted by atomic mass is 35.5. The number of nitrogens with zero attached hydrogens (tertiary/aromatic N) is 3. The quantitative estimate of drug-likeness (QED) is 0.637. The smallest absolute Gasteiger partial charge is 0.273 e. The number of hydrogen-bond donors (Lipinski definition) is 0. The number of aromatic nitrogens is 2. The number of hydrogen-bond acceptors (Lipinski definition) is 5. The maximum absolute atomic E-state index is 10.6. The molecule has 0 atom stereocenters. The van der Waals surface area contributed by atoms with Gasteiger partial charge in [0.1, 0.15) is 0 Å². The van der Waals surface area contributed by atoms with Crippen molar-refractivity contribution in [2.75, 3.05) is 0 Å². The predicted octanol–water partition coefficient (Wildman–Crippen LogP) is 3.48. The van der Waals surface area contributed by atoms with Gasteiger partial charge in [0.05, 0.1) is 28.4 Å². The van der Waals surface area contributed by atoms with Crippen LogP contribution in [0.25, 0.3) is 0 Å². The molecule has 6 nitrogen and oxygen atoms in total. The molecule has 2 aromatic rings. The van der Waals surface area contributed by atoms with E-state index in [0.29, 0.717) is 0 Å². The van der Waals surface area contributed by atoms with Gasteiger partial charge < -0.3 is 4.74 Å². The van der Waals surface area contributed by atoms with Crippen LogP contribution < -0.4 is 4.74 Å². The maximum Gasteiger partial charge on any atom is 0.273 e. The summed E-state index contributed by atoms with van der Waals surface area (Å²) in [5.41, 5.74) is -0.135. The minimum atomic E-state index is -0.549. The van der Waals surface area contributed by atoms with Crippen molar-refractivity contribution in [1.82, 2.24) is 9.97 Å². The normalized spacial score (nSPS) is 10.1. The fourth-order valence-electron chi connectivity index (χ4n) is 1.17. The van der Waals surface area contributed by atoms with Crippen LogP contribution in [0, 0.1) is 10.1 Å². The molecule has 0 aliphatic carbocycles. The van der Waals surface area contributed by atoms with Crippen molar-refractivity contribution in [3.63, 3.8) is 0 Å². The Morgan fingerprint density at radius 2 is 2.06 bits per heavy atom. The summed E-state index contributed by atoms with van der Waals surface area (Å²) in [5.74, 6) is 0.215. The van der Waals surface area contributed by atoms with Crippen LogP contribution in [0.4, 0.5) is 5.69 Å². The summed E-state index contributed by atoms with van der Waals surface area (Å²) in [7, 11) is 0. The molecular formula is C10H5Cl2N3O3. The third-order valence-electron chi connectivity index (χ3n) is 1.92. The average Bonchev–Trinajstić information content (AvgIpc) is 2.31. The summed E-state index contributed by atoms with van der Waals surface area (Å²) in [6.07, 6.45) is 2.66. The van der Waals surface area contributed by atoms with E-state index >= 15 is 0 Å². The summed E-state index contributed by atoms with van der Waals surface area (Å²) >= 11 is 11.5. The number of halogens is 2. The van der Waals surface area contributed by atoms with Gasteiger partial charge in [0.25, 0.3) is 5.69 Å². The molecule has 18 heavy (non-hydrogen) atoms. The van der Waals surface area contributed by atoms with E-state index in [9.17, 15) is 10.1 Å². The Balaban J connectivity index is 2.33. The first-order valence-electron chi connectivity index (χ1n) is 4.65. The number of non-ortho nitro benzene ring substituents is 1. The number of ether oxygens (including phenoxy) is 1. The zero-order valence-corrected chi connectivity index (χ0v) is 10.2. The van der Waals surface area contributed by atoms with E-state index in [1.807, 2.05) is 0 Å². The highest BCUT2D eigenvalue weighted by Crippen LogP contribution is 2.31. The number of rotatable bonds is 3. The van der Waals surface area contributed by atoms with Gasteiger partial charge >= 0.3 is 0 Å². The van der Waals surface area contributed by atoms with Crippen molar-refractivity contribution in [2.45, 2.75) is 0 Å². The van der Waals surface area contributed by atoms with Gasteiger partial charge in [-0.1, -0.05) is 23.2 Å². The van der Waals surface area contributed by atoms with Crippen molar-refractivity contribution in [3.05, 3.63) is 50.9 Å². The van der Waals surface area contributed by atoms with Gasteiger partial charge in [-0.2, -0.15) is 4.98 Å². The van der Waals surface area contributed by atoms with Gasteiger partial charge in [-0.15, -0.1) is 0 Å². The lowest BCUT2D eigenvalue weighted by molar-refractivity contribution is -0.384. The highest BCUT2D eigenvalue weighted by molar-refractivity contribution is 6.32. The topological polar surface area (TPSA) is 78.2 Å². The van der Waals surface area contributed by atoms with Crippen LogP contribution in [0.2, 0.25) is 10.2 Å². The van der Waals surface area contributed by atoms with Crippen LogP contribution in [0.5, 0.6) is 11.6 Å². The molecule has 1 aromatic heterocycles. The first-order chi connectivity index (χ1) is 8.56. The molecule has 0 amide bonds. The van der Waals surface area contributed by atoms with Gasteiger partial charge in [-0.05, 0) is 6.07 Å². The molecule has 1 heterocycles. The summed E-state index contributed by atoms with van der Waals surface area (Å²) < 4.78 is 5.29. The zero-order valence-electron chi connectivity index (χ0n) is 8.71. The number of benzene rings is 1. The van der Waals surface area contributed by atoms with Gasteiger partial charge in [-0.3, -0.25) is 15.1 Å². The molecule has 0 saturated heterocycles. The second-order valence-electron chi connectivity index (χ2n) is 3.15. The van der Waals surface area contributed by atoms with Gasteiger partial charge in [-0.25, -0.2) is 0 Å². The summed E-state index contributed by atoms with van der Waals surface area (Å²) in [6.45, 7) is 0. The molecule has 2 rings (SSSR count). The lowest BCUT2D eigenvalue weighted by Gasteiger charge is -2.05. The molecule has 0 N–H and O–H groups in total. The predicted molar refractivity (Wildman–Crippen MR) is 65.2 cm³/mol. The van der Waals surface area contributed by atoms with Gasteiger partial charge in [0.2, 0.25) is 5.88 Å². The minimum Gasteiger partial charge on any atom is -0.436 e. The van der Waals surface area contributed by atoms with E-state index < -0.39 is 4.92 Å². The summed E-state index contributed by atoms with van der Waals surface area (Å²) in [5, 5.41) is 11.0. The molecule has 0 unspecified atom stereocenters. The van der Waals surface area contributed by atoms with Crippen LogP contribution >= 0.6 is 23.2 Å². The Kier molecular flexibility index (Phi) is 3.59. The van der Waals surface area contributed by atoms with E-state index in [-0.39, 0.29) is 27.5 Å². The lowest BCUT2D eigenvalue weighted by atomic mass is 10.3. The van der Waals surface area contributed by atoms with E-state index in [1.54, 1.807) is 0 Å². The Morgan fingerprint density at radius 1 is 1.28 bits per heavy atom. The molecule has 0 bridgehead atoms. The molecular weight excluding hydrogens is 281 g/mol. The van der Waals surface area contributed by atoms with Gasteiger partial charge in [0.15, 0.2) is 10.9 Å². The monoisotopic (exact) mass is 285 g/mol. The fourth-order valence-corrected chi connectivity index (χ4v) is 1.47. The second-order valence-corrected chi connectivity index (χ2v) is 3.95. The third kappa shape index (κ3) is 2.85. The minimum absolute atomic E-state index is 0.102. The largest absolute Gasteiger partial charge is 0.436 e. The Hall–Kier alpha value is -1.92. The van der Waals surface area contributed by atoms with E-state index in [2.05, 4.69) is 9.97 Å². The molecule has 1 aromatic carbocycles. The molecule has 0 aliphatic heterocycles. The van der Waals surface area contributed by atoms with E-state index in [0.717, 1.165) is 0 Å². The molecule has 0 aliphatic rings. The molecule has 0 radical (unpaired) electrons. The first kappa shape index (κ1) is 12.5. The van der Waals surface area contributed by atoms with Crippen molar-refractivity contribution in [1.29, 1.82) is 0 Å². The Morgan fingerprint density at radius 3 is 2.72 bits per heavy atom. The third-order valence-corrected chi connectivity index (χ3v) is 2.42. The summed E-state index contributed by atoms with van der Waals surface area (Å²) in [4.78, 5) is 17.7. The molecule has 0 fully saturated rings. The van der Waals surface area contributed by atoms with Crippen molar-refractivity contribution in [2.24, 2.45) is 0 Å². The van der Waals surface area contributed by atoms with Crippen LogP contribution in [0.1, 0.15) is 0 Å². The second kappa shape index (κ2) is 5.16. The Bertz CT molecular complexity index is 607. The maximum atomic E-state index is 10.6. The number of nitro groups is 1. The Labute approximate surface area is 111 Å². The number of nitro benzene ring substituents is 1. The van der Waals surface area contributed by atoms with E-state index in [1.165, 1.54) is 30.6 Å². The SMILES string of the molecule is O=[N+]([O-])c1ccc(Cl)c(Oc2cncc(Cl)n2)c1. The van der Waals surface area contributed by atoms with Crippen LogP contribution in [0.15, 0.2) is 30.6 Å². The van der Waals surface area contributed by atoms with Crippen molar-refractivity contribution >= 4 is 28.9 Å². The summed E-state index contributed by atoms with van der Waals surface area (Å²) in [6, 6.07) is 3.84. The average molecular weight is 286 g/mol. The fraction of sp³-hybridized carbons (Fsp3) is 0.